The Morgan fingerprint density at radius 1 is 0.157 bits per heavy atom. The zero-order valence-corrected chi connectivity index (χ0v) is 74.7. The molecule has 0 unspecified atom stereocenters. The molecule has 134 heavy (non-hydrogen) atoms. The lowest BCUT2D eigenvalue weighted by molar-refractivity contribution is -0.0399. The van der Waals surface area contributed by atoms with Crippen molar-refractivity contribution in [2.75, 3.05) is 0 Å². The highest BCUT2D eigenvalue weighted by atomic mass is 15.0. The number of rotatable bonds is 9. The van der Waals surface area contributed by atoms with Crippen LogP contribution in [0.4, 0.5) is 0 Å². The van der Waals surface area contributed by atoms with Gasteiger partial charge in [0, 0.05) is 76.1 Å². The molecule has 4 heterocycles. The molecule has 23 aromatic rings. The second-order valence-corrected chi connectivity index (χ2v) is 40.9. The fourth-order valence-electron chi connectivity index (χ4n) is 29.8. The maximum absolute atomic E-state index is 2.65. The van der Waals surface area contributed by atoms with Crippen molar-refractivity contribution in [3.8, 4) is 101 Å². The van der Waals surface area contributed by atoms with Crippen LogP contribution in [-0.2, 0) is 10.8 Å². The molecule has 10 aliphatic carbocycles. The van der Waals surface area contributed by atoms with E-state index >= 15 is 0 Å². The van der Waals surface area contributed by atoms with Gasteiger partial charge in [0.05, 0.1) is 55.5 Å². The molecule has 0 radical (unpaired) electrons. The summed E-state index contributed by atoms with van der Waals surface area (Å²) in [6.07, 6.45) is 14.1. The second-order valence-electron chi connectivity index (χ2n) is 40.9. The molecular weight excluding hydrogens is 1620 g/mol. The molecule has 8 fully saturated rings. The molecule has 0 amide bonds. The number of hydrogen-bond donors (Lipinski definition) is 0. The van der Waals surface area contributed by atoms with E-state index in [-0.39, 0.29) is 10.8 Å². The van der Waals surface area contributed by atoms with Gasteiger partial charge in [-0.05, 0) is 338 Å². The fourth-order valence-corrected chi connectivity index (χ4v) is 29.8. The highest BCUT2D eigenvalue weighted by molar-refractivity contribution is 6.17. The third-order valence-electron chi connectivity index (χ3n) is 34.6. The molecule has 4 aromatic heterocycles. The predicted octanol–water partition coefficient (Wildman–Crippen LogP) is 33.8. The predicted molar refractivity (Wildman–Crippen MR) is 559 cm³/mol. The van der Waals surface area contributed by atoms with Crippen molar-refractivity contribution in [3.63, 3.8) is 0 Å². The Bertz CT molecular complexity index is 8870. The van der Waals surface area contributed by atoms with Gasteiger partial charge in [0.1, 0.15) is 0 Å². The van der Waals surface area contributed by atoms with Crippen molar-refractivity contribution in [2.45, 2.75) is 75.0 Å². The van der Waals surface area contributed by atoms with E-state index in [0.29, 0.717) is 0 Å². The number of nitrogens with zero attached hydrogens (tertiary/aromatic N) is 4. The number of benzene rings is 19. The lowest BCUT2D eigenvalue weighted by Gasteiger charge is -2.61. The van der Waals surface area contributed by atoms with Crippen molar-refractivity contribution >= 4 is 109 Å². The fraction of sp³-hybridized carbons (Fsp3) is 0.154. The lowest BCUT2D eigenvalue weighted by Crippen LogP contribution is -2.55. The molecular formula is C130H96N4. The van der Waals surface area contributed by atoms with Crippen LogP contribution in [-0.4, -0.2) is 18.3 Å². The summed E-state index contributed by atoms with van der Waals surface area (Å²) < 4.78 is 9.87. The van der Waals surface area contributed by atoms with Gasteiger partial charge in [-0.25, -0.2) is 0 Å². The highest BCUT2D eigenvalue weighted by Crippen LogP contribution is 2.72. The van der Waals surface area contributed by atoms with Crippen LogP contribution >= 0.6 is 0 Å². The van der Waals surface area contributed by atoms with Crippen LogP contribution in [0.15, 0.2) is 413 Å². The molecule has 2 spiro atoms. The molecule has 0 saturated heterocycles. The molecule has 10 aliphatic rings. The maximum atomic E-state index is 2.65. The Hall–Kier alpha value is -15.1. The maximum Gasteiger partial charge on any atom is 0.0547 e. The summed E-state index contributed by atoms with van der Waals surface area (Å²) in [6.45, 7) is 0. The summed E-state index contributed by atoms with van der Waals surface area (Å²) in [5, 5.41) is 15.3. The zero-order chi connectivity index (χ0) is 87.3. The first kappa shape index (κ1) is 75.6. The molecule has 4 nitrogen and oxygen atoms in total. The van der Waals surface area contributed by atoms with Crippen LogP contribution < -0.4 is 0 Å². The summed E-state index contributed by atoms with van der Waals surface area (Å²) in [7, 11) is 0. The Balaban J connectivity index is 0.000000128. The summed E-state index contributed by atoms with van der Waals surface area (Å²) in [6, 6.07) is 156. The smallest absolute Gasteiger partial charge is 0.0547 e. The number of para-hydroxylation sites is 5. The van der Waals surface area contributed by atoms with E-state index in [1.807, 2.05) is 0 Å². The van der Waals surface area contributed by atoms with Gasteiger partial charge in [0.25, 0.3) is 0 Å². The molecule has 8 saturated carbocycles. The van der Waals surface area contributed by atoms with E-state index in [2.05, 4.69) is 431 Å². The van der Waals surface area contributed by atoms with Crippen molar-refractivity contribution in [1.29, 1.82) is 0 Å². The van der Waals surface area contributed by atoms with Gasteiger partial charge in [-0.1, -0.05) is 297 Å². The largest absolute Gasteiger partial charge is 0.309 e. The highest BCUT2D eigenvalue weighted by Gasteiger charge is 2.63. The van der Waals surface area contributed by atoms with E-state index in [4.69, 9.17) is 0 Å². The molecule has 8 bridgehead atoms. The zero-order valence-electron chi connectivity index (χ0n) is 74.7. The van der Waals surface area contributed by atoms with Crippen LogP contribution in [0.1, 0.15) is 86.5 Å². The summed E-state index contributed by atoms with van der Waals surface area (Å²) in [4.78, 5) is 0. The van der Waals surface area contributed by atoms with Gasteiger partial charge in [0.2, 0.25) is 0 Å². The van der Waals surface area contributed by atoms with E-state index in [1.54, 1.807) is 22.3 Å². The van der Waals surface area contributed by atoms with E-state index < -0.39 is 0 Å². The first-order chi connectivity index (χ1) is 66.4. The molecule has 0 atom stereocenters. The van der Waals surface area contributed by atoms with Crippen LogP contribution in [0.3, 0.4) is 0 Å². The van der Waals surface area contributed by atoms with Gasteiger partial charge < -0.3 is 18.3 Å². The van der Waals surface area contributed by atoms with Crippen molar-refractivity contribution in [2.24, 2.45) is 47.3 Å². The van der Waals surface area contributed by atoms with Crippen LogP contribution in [0.5, 0.6) is 0 Å². The second kappa shape index (κ2) is 28.7. The van der Waals surface area contributed by atoms with Gasteiger partial charge in [-0.15, -0.1) is 0 Å². The third kappa shape index (κ3) is 10.7. The Labute approximate surface area is 779 Å². The summed E-state index contributed by atoms with van der Waals surface area (Å²) >= 11 is 0. The Kier molecular flexibility index (Phi) is 16.2. The third-order valence-corrected chi connectivity index (χ3v) is 34.6. The van der Waals surface area contributed by atoms with Gasteiger partial charge >= 0.3 is 0 Å². The topological polar surface area (TPSA) is 19.7 Å². The number of fused-ring (bicyclic) bond motifs is 20. The van der Waals surface area contributed by atoms with Gasteiger partial charge in [-0.3, -0.25) is 0 Å². The molecule has 636 valence electrons. The van der Waals surface area contributed by atoms with Crippen molar-refractivity contribution in [1.82, 2.24) is 18.3 Å². The molecule has 19 aromatic carbocycles. The molecule has 0 aliphatic heterocycles. The van der Waals surface area contributed by atoms with Crippen molar-refractivity contribution in [3.05, 3.63) is 435 Å². The first-order valence-electron chi connectivity index (χ1n) is 49.3. The first-order valence-corrected chi connectivity index (χ1v) is 49.3. The monoisotopic (exact) mass is 1710 g/mol. The number of hydrogen-bond acceptors (Lipinski definition) is 0. The van der Waals surface area contributed by atoms with Gasteiger partial charge in [-0.2, -0.15) is 0 Å². The Morgan fingerprint density at radius 3 is 0.933 bits per heavy atom. The van der Waals surface area contributed by atoms with E-state index in [1.165, 1.54) is 268 Å². The minimum atomic E-state index is 0.141. The normalized spacial score (nSPS) is 21.3. The average molecular weight is 1710 g/mol. The number of aromatic nitrogens is 4. The summed E-state index contributed by atoms with van der Waals surface area (Å²) in [5.41, 5.74) is 39.9. The lowest BCUT2D eigenvalue weighted by atomic mass is 9.43. The van der Waals surface area contributed by atoms with Gasteiger partial charge in [0.15, 0.2) is 0 Å². The SMILES string of the molecule is c1ccc(-c2cccc(-n3c4ccccc4c4cc(-c5ccc6c7ccccc7n(-c7ccc(-c8ccc9c(c8)C8(c%10ccccc%10-9)C9CC%10CC(C9)CC8C%10)c8ccccc78)c6c5)ccc43)c2)cc1.c1ccc(-n2c3ccccc3c3cc(-c4ccc5c(c4)c4ccccc4n5-c4ccc(-c5ccc6c(c5)C5(c7ccccc7-6)C6CC7CC(C6)CC5C7)c5ccccc45)ccc32)cc1. The van der Waals surface area contributed by atoms with Crippen molar-refractivity contribution < 1.29 is 0 Å². The molecule has 4 heteroatoms. The minimum absolute atomic E-state index is 0.141. The minimum Gasteiger partial charge on any atom is -0.309 e. The standard InChI is InChI=1S/C68H50N2.C62H46N2/c1-2-13-44(14-3-1)45-15-12-16-51(38-45)69-63-23-10-8-21-58(63)60-39-46(27-31-66(60)69)47-25-29-59-57-20-7-11-24-64(57)70(67(59)41-47)65-32-30-52(53-17-4-5-19-56(53)65)48-26-28-55-54-18-6-9-22-61(54)68(62(55)40-48)49-34-42-33-43(36-49)37-50(68)35-42;1-2-12-45(13-3-1)63-57-20-10-7-17-51(57)53-35-40(23-27-60(53)63)41-24-28-61-54(36-41)52-18-8-11-21-58(52)64(61)59-29-26-46(47-14-4-5-16-50(47)59)42-22-25-49-48-15-6-9-19-55(48)62(56(49)37-42)43-31-38-30-39(33-43)34-44(62)32-38/h1-32,38-43,49-50H,33-37H2;1-29,35-39,43-44H,30-34H2. The van der Waals surface area contributed by atoms with Crippen LogP contribution in [0.25, 0.3) is 209 Å². The van der Waals surface area contributed by atoms with E-state index in [0.717, 1.165) is 53.0 Å². The van der Waals surface area contributed by atoms with E-state index in [9.17, 15) is 0 Å². The average Bonchev–Trinajstić information content (AvgIpc) is 1.12. The van der Waals surface area contributed by atoms with Crippen LogP contribution in [0, 0.1) is 47.3 Å². The molecule has 33 rings (SSSR count). The molecule has 0 N–H and O–H groups in total. The Morgan fingerprint density at radius 2 is 0.463 bits per heavy atom. The summed E-state index contributed by atoms with van der Waals surface area (Å²) in [5.74, 6) is 6.69. The van der Waals surface area contributed by atoms with Crippen LogP contribution in [0.2, 0.25) is 0 Å². The quantitative estimate of drug-likeness (QED) is 0.137.